The van der Waals surface area contributed by atoms with Gasteiger partial charge in [-0.2, -0.15) is 0 Å². The quantitative estimate of drug-likeness (QED) is 0.218. The van der Waals surface area contributed by atoms with Crippen LogP contribution in [0.2, 0.25) is 0 Å². The maximum Gasteiger partial charge on any atom is 0.0907 e. The van der Waals surface area contributed by atoms with E-state index in [1.165, 1.54) is 55.7 Å². The molecular weight excluding hydrogens is 478 g/mol. The predicted molar refractivity (Wildman–Crippen MR) is 166 cm³/mol. The number of hydrogen-bond donors (Lipinski definition) is 3. The number of H-pyrrole nitrogens is 3. The molecule has 0 fully saturated rings. The number of aromatic nitrogens is 5. The van der Waals surface area contributed by atoms with Crippen LogP contribution in [-0.2, 0) is 0 Å². The molecule has 4 aromatic rings. The van der Waals surface area contributed by atoms with E-state index in [4.69, 9.17) is 9.97 Å². The molecule has 0 aliphatic carbocycles. The average Bonchev–Trinajstić information content (AvgIpc) is 3.60. The van der Waals surface area contributed by atoms with Gasteiger partial charge in [-0.15, -0.1) is 0 Å². The number of aryl methyl sites for hydroxylation is 6. The van der Waals surface area contributed by atoms with Crippen LogP contribution in [0.15, 0.2) is 24.3 Å². The molecule has 198 valence electrons. The molecule has 0 radical (unpaired) electrons. The Morgan fingerprint density at radius 3 is 1.31 bits per heavy atom. The predicted octanol–water partition coefficient (Wildman–Crippen LogP) is 9.11. The van der Waals surface area contributed by atoms with Gasteiger partial charge in [0.15, 0.2) is 0 Å². The molecule has 2 aliphatic rings. The van der Waals surface area contributed by atoms with Gasteiger partial charge in [0.2, 0.25) is 0 Å². The van der Waals surface area contributed by atoms with Gasteiger partial charge in [-0.1, -0.05) is 0 Å². The van der Waals surface area contributed by atoms with Crippen LogP contribution in [0.4, 0.5) is 0 Å². The van der Waals surface area contributed by atoms with Crippen molar-refractivity contribution >= 4 is 55.4 Å². The fourth-order valence-electron chi connectivity index (χ4n) is 5.70. The number of nitrogens with zero attached hydrogens (tertiary/aromatic N) is 2. The summed E-state index contributed by atoms with van der Waals surface area (Å²) in [5, 5.41) is 0. The van der Waals surface area contributed by atoms with Crippen molar-refractivity contribution in [3.8, 4) is 0 Å². The van der Waals surface area contributed by atoms with E-state index < -0.39 is 0 Å². The first kappa shape index (κ1) is 25.2. The summed E-state index contributed by atoms with van der Waals surface area (Å²) < 4.78 is 0. The standard InChI is InChI=1S/C34H37N5/c1-15-16(2)26-12-28-18(4)20(6)30(37-28)14-32-22(8)24(10)34(39-32)33-23(9)21(7)31(38-33)13-29-19(5)17(3)27(36-29)11-25(15)35-26/h11-14,35-36,38H,1-10H3. The molecule has 2 aliphatic heterocycles. The van der Waals surface area contributed by atoms with Crippen molar-refractivity contribution in [2.45, 2.75) is 69.2 Å². The van der Waals surface area contributed by atoms with Gasteiger partial charge in [0.25, 0.3) is 0 Å². The van der Waals surface area contributed by atoms with Gasteiger partial charge < -0.3 is 15.0 Å². The van der Waals surface area contributed by atoms with Crippen molar-refractivity contribution in [3.63, 3.8) is 0 Å². The maximum atomic E-state index is 5.15. The van der Waals surface area contributed by atoms with Crippen molar-refractivity contribution < 1.29 is 0 Å². The molecule has 6 heterocycles. The summed E-state index contributed by atoms with van der Waals surface area (Å²) in [5.41, 5.74) is 22.9. The van der Waals surface area contributed by atoms with Gasteiger partial charge in [-0.3, -0.25) is 0 Å². The molecule has 3 N–H and O–H groups in total. The lowest BCUT2D eigenvalue weighted by molar-refractivity contribution is 1.25. The Kier molecular flexibility index (Phi) is 5.62. The third kappa shape index (κ3) is 3.75. The second-order valence-electron chi connectivity index (χ2n) is 11.4. The van der Waals surface area contributed by atoms with Crippen LogP contribution >= 0.6 is 0 Å². The molecule has 0 saturated heterocycles. The molecule has 0 amide bonds. The second kappa shape index (κ2) is 8.70. The molecule has 4 aromatic heterocycles. The first-order valence-corrected chi connectivity index (χ1v) is 13.7. The number of aromatic amines is 3. The van der Waals surface area contributed by atoms with E-state index in [0.29, 0.717) is 0 Å². The van der Waals surface area contributed by atoms with E-state index in [1.54, 1.807) is 0 Å². The summed E-state index contributed by atoms with van der Waals surface area (Å²) in [6, 6.07) is 8.82. The average molecular weight is 516 g/mol. The molecule has 0 spiro atoms. The highest BCUT2D eigenvalue weighted by molar-refractivity contribution is 5.97. The number of rotatable bonds is 0. The Morgan fingerprint density at radius 2 is 0.769 bits per heavy atom. The minimum absolute atomic E-state index is 0.981. The smallest absolute Gasteiger partial charge is 0.0907 e. The van der Waals surface area contributed by atoms with E-state index >= 15 is 0 Å². The number of allylic oxidation sites excluding steroid dienone is 4. The fourth-order valence-corrected chi connectivity index (χ4v) is 5.70. The molecule has 5 nitrogen and oxygen atoms in total. The van der Waals surface area contributed by atoms with Gasteiger partial charge >= 0.3 is 0 Å². The lowest BCUT2D eigenvalue weighted by Crippen LogP contribution is -1.83. The SMILES string of the molecule is CC1=C(C)c2cc3[nH]c(cc4[nH]c(cc5[nH]c(c6nc(cc1n2)C(C)=C6C)c(C)c5C)c(C)c4C)c(C)c3C. The van der Waals surface area contributed by atoms with Gasteiger partial charge in [0.1, 0.15) is 0 Å². The molecule has 39 heavy (non-hydrogen) atoms. The summed E-state index contributed by atoms with van der Waals surface area (Å²) in [7, 11) is 0. The van der Waals surface area contributed by atoms with E-state index in [0.717, 1.165) is 55.9 Å². The van der Waals surface area contributed by atoms with Crippen LogP contribution in [0.3, 0.4) is 0 Å². The zero-order valence-corrected chi connectivity index (χ0v) is 24.7. The Hall–Kier alpha value is -4.12. The van der Waals surface area contributed by atoms with E-state index in [1.807, 2.05) is 0 Å². The third-order valence-corrected chi connectivity index (χ3v) is 9.36. The van der Waals surface area contributed by atoms with Crippen LogP contribution in [0.1, 0.15) is 83.9 Å². The normalized spacial score (nSPS) is 13.7. The second-order valence-corrected chi connectivity index (χ2v) is 11.4. The zero-order chi connectivity index (χ0) is 27.9. The lowest BCUT2D eigenvalue weighted by Gasteiger charge is -1.97. The van der Waals surface area contributed by atoms with Crippen LogP contribution in [0.25, 0.3) is 55.4 Å². The Bertz CT molecular complexity index is 2000. The van der Waals surface area contributed by atoms with Gasteiger partial charge in [-0.05, 0) is 149 Å². The minimum atomic E-state index is 0.981. The largest absolute Gasteiger partial charge is 0.355 e. The van der Waals surface area contributed by atoms with Crippen LogP contribution < -0.4 is 0 Å². The third-order valence-electron chi connectivity index (χ3n) is 9.36. The van der Waals surface area contributed by atoms with E-state index in [2.05, 4.69) is 108 Å². The maximum absolute atomic E-state index is 5.15. The lowest BCUT2D eigenvalue weighted by atomic mass is 10.0. The highest BCUT2D eigenvalue weighted by Gasteiger charge is 2.20. The molecule has 0 unspecified atom stereocenters. The molecule has 6 rings (SSSR count). The van der Waals surface area contributed by atoms with Crippen molar-refractivity contribution in [2.75, 3.05) is 0 Å². The minimum Gasteiger partial charge on any atom is -0.355 e. The van der Waals surface area contributed by atoms with Gasteiger partial charge in [0, 0.05) is 27.6 Å². The van der Waals surface area contributed by atoms with Crippen molar-refractivity contribution in [2.24, 2.45) is 0 Å². The first-order valence-electron chi connectivity index (χ1n) is 13.7. The molecule has 5 heteroatoms. The van der Waals surface area contributed by atoms with Crippen molar-refractivity contribution in [3.05, 3.63) is 80.4 Å². The number of fused-ring (bicyclic) bond motifs is 11. The first-order chi connectivity index (χ1) is 18.5. The number of hydrogen-bond acceptors (Lipinski definition) is 2. The van der Waals surface area contributed by atoms with Gasteiger partial charge in [-0.25, -0.2) is 9.97 Å². The molecule has 0 atom stereocenters. The molecule has 0 aromatic carbocycles. The van der Waals surface area contributed by atoms with Crippen LogP contribution in [0.5, 0.6) is 0 Å². The Balaban J connectivity index is 1.83. The summed E-state index contributed by atoms with van der Waals surface area (Å²) >= 11 is 0. The summed E-state index contributed by atoms with van der Waals surface area (Å²) in [4.78, 5) is 21.3. The molecular formula is C34H37N5. The monoisotopic (exact) mass is 515 g/mol. The van der Waals surface area contributed by atoms with Crippen molar-refractivity contribution in [1.82, 2.24) is 24.9 Å². The van der Waals surface area contributed by atoms with Crippen LogP contribution in [0, 0.1) is 41.5 Å². The molecule has 10 bridgehead atoms. The van der Waals surface area contributed by atoms with E-state index in [-0.39, 0.29) is 0 Å². The van der Waals surface area contributed by atoms with E-state index in [9.17, 15) is 0 Å². The number of nitrogens with one attached hydrogen (secondary N) is 3. The summed E-state index contributed by atoms with van der Waals surface area (Å²) in [6.07, 6.45) is 0. The highest BCUT2D eigenvalue weighted by Crippen LogP contribution is 2.36. The zero-order valence-electron chi connectivity index (χ0n) is 24.7. The summed E-state index contributed by atoms with van der Waals surface area (Å²) in [6.45, 7) is 21.8. The highest BCUT2D eigenvalue weighted by atomic mass is 14.8. The summed E-state index contributed by atoms with van der Waals surface area (Å²) in [5.74, 6) is 0. The topological polar surface area (TPSA) is 73.2 Å². The van der Waals surface area contributed by atoms with Gasteiger partial charge in [0.05, 0.1) is 28.3 Å². The Morgan fingerprint density at radius 1 is 0.385 bits per heavy atom. The van der Waals surface area contributed by atoms with Crippen LogP contribution in [-0.4, -0.2) is 24.9 Å². The van der Waals surface area contributed by atoms with Crippen molar-refractivity contribution in [1.29, 1.82) is 0 Å². The molecule has 0 saturated carbocycles. The Labute approximate surface area is 229 Å². The fraction of sp³-hybridized carbons (Fsp3) is 0.294.